The number of aliphatic hydroxyl groups excluding tert-OH is 1. The predicted molar refractivity (Wildman–Crippen MR) is 113 cm³/mol. The van der Waals surface area contributed by atoms with E-state index in [9.17, 15) is 9.90 Å². The number of aromatic nitrogens is 2. The molecule has 164 valence electrons. The Labute approximate surface area is 175 Å². The number of aliphatic hydroxyl groups is 1. The number of hydrogen-bond acceptors (Lipinski definition) is 5. The van der Waals surface area contributed by atoms with Gasteiger partial charge >= 0.3 is 6.09 Å². The van der Waals surface area contributed by atoms with Crippen LogP contribution in [0.15, 0.2) is 6.20 Å². The standard InChI is InChI=1S/C22H38N4O3/c1-16(2)19-15-26(13-12-24-9-8-18(27)14-24)20(23-19)17-6-10-25(11-7-17)21(28)29-22(3,4)5/h15-18,27H,6-14H2,1-5H3/t18-/m0/s1. The molecular weight excluding hydrogens is 368 g/mol. The summed E-state index contributed by atoms with van der Waals surface area (Å²) >= 11 is 0. The van der Waals surface area contributed by atoms with Gasteiger partial charge in [-0.15, -0.1) is 0 Å². The topological polar surface area (TPSA) is 70.8 Å². The Bertz CT molecular complexity index is 687. The number of likely N-dealkylation sites (tertiary alicyclic amines) is 2. The molecule has 29 heavy (non-hydrogen) atoms. The minimum Gasteiger partial charge on any atom is -0.444 e. The summed E-state index contributed by atoms with van der Waals surface area (Å²) in [5.74, 6) is 1.91. The second kappa shape index (κ2) is 9.04. The summed E-state index contributed by atoms with van der Waals surface area (Å²) in [4.78, 5) is 21.5. The number of β-amino-alcohol motifs (C(OH)–C–C–N with tert-alkyl or cyclic N) is 1. The first-order valence-electron chi connectivity index (χ1n) is 11.1. The lowest BCUT2D eigenvalue weighted by atomic mass is 9.96. The van der Waals surface area contributed by atoms with E-state index >= 15 is 0 Å². The van der Waals surface area contributed by atoms with Gasteiger partial charge in [-0.1, -0.05) is 13.8 Å². The van der Waals surface area contributed by atoms with Gasteiger partial charge in [0.2, 0.25) is 0 Å². The molecule has 0 saturated carbocycles. The number of piperidine rings is 1. The smallest absolute Gasteiger partial charge is 0.410 e. The van der Waals surface area contributed by atoms with E-state index in [1.807, 2.05) is 25.7 Å². The first-order valence-corrected chi connectivity index (χ1v) is 11.1. The Morgan fingerprint density at radius 2 is 1.90 bits per heavy atom. The minimum atomic E-state index is -0.459. The maximum atomic E-state index is 12.4. The van der Waals surface area contributed by atoms with Crippen molar-refractivity contribution in [1.29, 1.82) is 0 Å². The zero-order valence-corrected chi connectivity index (χ0v) is 18.7. The Balaban J connectivity index is 1.63. The molecule has 7 nitrogen and oxygen atoms in total. The minimum absolute atomic E-state index is 0.180. The van der Waals surface area contributed by atoms with Gasteiger partial charge in [-0.05, 0) is 46.0 Å². The summed E-state index contributed by atoms with van der Waals surface area (Å²) in [7, 11) is 0. The van der Waals surface area contributed by atoms with E-state index in [1.165, 1.54) is 0 Å². The summed E-state index contributed by atoms with van der Waals surface area (Å²) in [5, 5.41) is 9.77. The highest BCUT2D eigenvalue weighted by molar-refractivity contribution is 5.68. The second-order valence-corrected chi connectivity index (χ2v) is 9.86. The van der Waals surface area contributed by atoms with Crippen molar-refractivity contribution in [1.82, 2.24) is 19.4 Å². The molecule has 0 bridgehead atoms. The molecular formula is C22H38N4O3. The fourth-order valence-electron chi connectivity index (χ4n) is 4.15. The Kier molecular flexibility index (Phi) is 6.89. The normalized spacial score (nSPS) is 21.9. The number of ether oxygens (including phenoxy) is 1. The van der Waals surface area contributed by atoms with E-state index in [-0.39, 0.29) is 12.2 Å². The first-order chi connectivity index (χ1) is 13.6. The van der Waals surface area contributed by atoms with Gasteiger partial charge in [-0.2, -0.15) is 0 Å². The average molecular weight is 407 g/mol. The van der Waals surface area contributed by atoms with E-state index in [0.717, 1.165) is 57.0 Å². The molecule has 0 spiro atoms. The molecule has 0 unspecified atom stereocenters. The molecule has 1 atom stereocenters. The van der Waals surface area contributed by atoms with Crippen molar-refractivity contribution in [3.63, 3.8) is 0 Å². The summed E-state index contributed by atoms with van der Waals surface area (Å²) in [6.07, 6.45) is 4.51. The monoisotopic (exact) mass is 406 g/mol. The van der Waals surface area contributed by atoms with E-state index in [2.05, 4.69) is 29.5 Å². The molecule has 1 aromatic heterocycles. The highest BCUT2D eigenvalue weighted by Gasteiger charge is 2.30. The van der Waals surface area contributed by atoms with Crippen molar-refractivity contribution in [2.45, 2.75) is 84.0 Å². The van der Waals surface area contributed by atoms with Crippen molar-refractivity contribution in [2.75, 3.05) is 32.7 Å². The van der Waals surface area contributed by atoms with Crippen LogP contribution in [0.5, 0.6) is 0 Å². The molecule has 0 aromatic carbocycles. The zero-order chi connectivity index (χ0) is 21.2. The maximum Gasteiger partial charge on any atom is 0.410 e. The Hall–Kier alpha value is -1.60. The van der Waals surface area contributed by atoms with Crippen molar-refractivity contribution < 1.29 is 14.6 Å². The third-order valence-electron chi connectivity index (χ3n) is 5.83. The average Bonchev–Trinajstić information content (AvgIpc) is 3.25. The van der Waals surface area contributed by atoms with E-state index in [1.54, 1.807) is 0 Å². The summed E-state index contributed by atoms with van der Waals surface area (Å²) in [5.41, 5.74) is 0.676. The first kappa shape index (κ1) is 22.1. The molecule has 1 aromatic rings. The molecule has 2 aliphatic rings. The second-order valence-electron chi connectivity index (χ2n) is 9.86. The van der Waals surface area contributed by atoms with Crippen LogP contribution in [0.25, 0.3) is 0 Å². The highest BCUT2D eigenvalue weighted by atomic mass is 16.6. The van der Waals surface area contributed by atoms with Gasteiger partial charge in [0.05, 0.1) is 11.8 Å². The van der Waals surface area contributed by atoms with Crippen LogP contribution in [0, 0.1) is 0 Å². The van der Waals surface area contributed by atoms with Crippen LogP contribution in [-0.4, -0.2) is 75.0 Å². The van der Waals surface area contributed by atoms with Crippen LogP contribution in [0.3, 0.4) is 0 Å². The van der Waals surface area contributed by atoms with Crippen molar-refractivity contribution >= 4 is 6.09 Å². The van der Waals surface area contributed by atoms with Crippen LogP contribution in [-0.2, 0) is 11.3 Å². The molecule has 0 radical (unpaired) electrons. The van der Waals surface area contributed by atoms with Gasteiger partial charge in [0, 0.05) is 51.4 Å². The predicted octanol–water partition coefficient (Wildman–Crippen LogP) is 3.19. The molecule has 2 fully saturated rings. The molecule has 2 saturated heterocycles. The number of amides is 1. The van der Waals surface area contributed by atoms with Crippen LogP contribution in [0.2, 0.25) is 0 Å². The number of nitrogens with zero attached hydrogens (tertiary/aromatic N) is 4. The fourth-order valence-corrected chi connectivity index (χ4v) is 4.15. The Morgan fingerprint density at radius 1 is 1.21 bits per heavy atom. The quantitative estimate of drug-likeness (QED) is 0.813. The molecule has 1 amide bonds. The van der Waals surface area contributed by atoms with Crippen LogP contribution in [0.4, 0.5) is 4.79 Å². The van der Waals surface area contributed by atoms with Gasteiger partial charge in [0.15, 0.2) is 0 Å². The summed E-state index contributed by atoms with van der Waals surface area (Å²) < 4.78 is 7.84. The van der Waals surface area contributed by atoms with Gasteiger partial charge in [-0.3, -0.25) is 4.90 Å². The van der Waals surface area contributed by atoms with Crippen molar-refractivity contribution in [2.24, 2.45) is 0 Å². The van der Waals surface area contributed by atoms with Crippen LogP contribution >= 0.6 is 0 Å². The number of hydrogen-bond donors (Lipinski definition) is 1. The lowest BCUT2D eigenvalue weighted by Crippen LogP contribution is -2.41. The third-order valence-corrected chi connectivity index (χ3v) is 5.83. The van der Waals surface area contributed by atoms with E-state index in [0.29, 0.717) is 24.9 Å². The van der Waals surface area contributed by atoms with Gasteiger partial charge in [0.1, 0.15) is 11.4 Å². The number of carbonyl (C=O) groups excluding carboxylic acids is 1. The van der Waals surface area contributed by atoms with Crippen molar-refractivity contribution in [3.05, 3.63) is 17.7 Å². The third kappa shape index (κ3) is 5.95. The number of rotatable bonds is 5. The number of carbonyl (C=O) groups is 1. The van der Waals surface area contributed by atoms with Crippen LogP contribution in [0.1, 0.15) is 77.2 Å². The van der Waals surface area contributed by atoms with E-state index in [4.69, 9.17) is 9.72 Å². The molecule has 1 N–H and O–H groups in total. The van der Waals surface area contributed by atoms with Crippen molar-refractivity contribution in [3.8, 4) is 0 Å². The van der Waals surface area contributed by atoms with Crippen LogP contribution < -0.4 is 0 Å². The fraction of sp³-hybridized carbons (Fsp3) is 0.818. The van der Waals surface area contributed by atoms with Gasteiger partial charge in [0.25, 0.3) is 0 Å². The SMILES string of the molecule is CC(C)c1cn(CCN2CC[C@H](O)C2)c(C2CCN(C(=O)OC(C)(C)C)CC2)n1. The largest absolute Gasteiger partial charge is 0.444 e. The molecule has 3 rings (SSSR count). The highest BCUT2D eigenvalue weighted by Crippen LogP contribution is 2.30. The Morgan fingerprint density at radius 3 is 2.45 bits per heavy atom. The van der Waals surface area contributed by atoms with E-state index < -0.39 is 5.60 Å². The zero-order valence-electron chi connectivity index (χ0n) is 18.7. The summed E-state index contributed by atoms with van der Waals surface area (Å²) in [6.45, 7) is 15.1. The molecule has 3 heterocycles. The molecule has 0 aliphatic carbocycles. The van der Waals surface area contributed by atoms with Gasteiger partial charge in [-0.25, -0.2) is 9.78 Å². The van der Waals surface area contributed by atoms with Gasteiger partial charge < -0.3 is 19.3 Å². The molecule has 2 aliphatic heterocycles. The maximum absolute atomic E-state index is 12.4. The lowest BCUT2D eigenvalue weighted by molar-refractivity contribution is 0.0202. The number of imidazole rings is 1. The summed E-state index contributed by atoms with van der Waals surface area (Å²) in [6, 6.07) is 0. The molecule has 7 heteroatoms. The lowest BCUT2D eigenvalue weighted by Gasteiger charge is -2.33.